The molecule has 5 heteroatoms. The molecule has 20 heavy (non-hydrogen) atoms. The van der Waals surface area contributed by atoms with Crippen molar-refractivity contribution in [1.29, 1.82) is 0 Å². The Hall–Kier alpha value is -1.62. The number of carbonyl (C=O) groups excluding carboxylic acids is 1. The number of nitrogens with zero attached hydrogens (tertiary/aromatic N) is 2. The van der Waals surface area contributed by atoms with Crippen molar-refractivity contribution in [3.63, 3.8) is 0 Å². The van der Waals surface area contributed by atoms with Crippen LogP contribution >= 0.6 is 0 Å². The molecule has 0 saturated carbocycles. The maximum Gasteiger partial charge on any atom is 0.227 e. The van der Waals surface area contributed by atoms with Crippen LogP contribution in [0, 0.1) is 11.8 Å². The van der Waals surface area contributed by atoms with Crippen LogP contribution in [-0.2, 0) is 4.79 Å². The van der Waals surface area contributed by atoms with Crippen LogP contribution in [0.2, 0.25) is 0 Å². The van der Waals surface area contributed by atoms with Gasteiger partial charge in [0.25, 0.3) is 0 Å². The zero-order valence-corrected chi connectivity index (χ0v) is 12.5. The van der Waals surface area contributed by atoms with Crippen LogP contribution in [0.4, 0.5) is 11.5 Å². The quantitative estimate of drug-likeness (QED) is 0.830. The molecule has 2 heterocycles. The Labute approximate surface area is 120 Å². The number of amides is 1. The van der Waals surface area contributed by atoms with Gasteiger partial charge in [-0.3, -0.25) is 4.79 Å². The van der Waals surface area contributed by atoms with Gasteiger partial charge in [0.1, 0.15) is 5.82 Å². The van der Waals surface area contributed by atoms with Gasteiger partial charge in [-0.25, -0.2) is 4.98 Å². The van der Waals surface area contributed by atoms with E-state index in [4.69, 9.17) is 0 Å². The topological polar surface area (TPSA) is 57.3 Å². The lowest BCUT2D eigenvalue weighted by molar-refractivity contribution is -0.121. The lowest BCUT2D eigenvalue weighted by Gasteiger charge is -2.31. The van der Waals surface area contributed by atoms with Crippen LogP contribution in [0.3, 0.4) is 0 Å². The van der Waals surface area contributed by atoms with Crippen LogP contribution in [0.5, 0.6) is 0 Å². The molecule has 0 spiro atoms. The summed E-state index contributed by atoms with van der Waals surface area (Å²) in [6, 6.07) is 3.88. The van der Waals surface area contributed by atoms with Crippen LogP contribution in [0.25, 0.3) is 0 Å². The Kier molecular flexibility index (Phi) is 4.95. The monoisotopic (exact) mass is 276 g/mol. The lowest BCUT2D eigenvalue weighted by atomic mass is 9.88. The lowest BCUT2D eigenvalue weighted by Crippen LogP contribution is -2.48. The highest BCUT2D eigenvalue weighted by Gasteiger charge is 2.28. The molecule has 0 bridgehead atoms. The van der Waals surface area contributed by atoms with Crippen molar-refractivity contribution < 1.29 is 4.79 Å². The minimum atomic E-state index is 0.0405. The van der Waals surface area contributed by atoms with Gasteiger partial charge in [-0.15, -0.1) is 0 Å². The molecule has 0 aliphatic carbocycles. The summed E-state index contributed by atoms with van der Waals surface area (Å²) in [6.07, 6.45) is 1.73. The number of carbonyl (C=O) groups is 1. The first-order valence-corrected chi connectivity index (χ1v) is 7.38. The van der Waals surface area contributed by atoms with E-state index in [1.54, 1.807) is 6.20 Å². The average molecular weight is 276 g/mol. The van der Waals surface area contributed by atoms with Crippen molar-refractivity contribution in [1.82, 2.24) is 10.3 Å². The van der Waals surface area contributed by atoms with Crippen LogP contribution in [0.15, 0.2) is 18.3 Å². The van der Waals surface area contributed by atoms with Gasteiger partial charge in [-0.05, 0) is 45.0 Å². The molecule has 5 nitrogen and oxygen atoms in total. The molecule has 1 aromatic heterocycles. The van der Waals surface area contributed by atoms with E-state index in [9.17, 15) is 4.79 Å². The van der Waals surface area contributed by atoms with E-state index in [1.165, 1.54) is 0 Å². The number of pyridine rings is 1. The number of rotatable bonds is 6. The fourth-order valence-corrected chi connectivity index (χ4v) is 2.33. The molecule has 1 aliphatic rings. The van der Waals surface area contributed by atoms with Crippen LogP contribution < -0.4 is 15.5 Å². The molecule has 1 aromatic rings. The van der Waals surface area contributed by atoms with Gasteiger partial charge in [0.05, 0.1) is 11.9 Å². The highest BCUT2D eigenvalue weighted by molar-refractivity contribution is 5.92. The Morgan fingerprint density at radius 2 is 2.15 bits per heavy atom. The second-order valence-electron chi connectivity index (χ2n) is 5.27. The summed E-state index contributed by atoms with van der Waals surface area (Å²) in [6.45, 7) is 9.94. The molecule has 1 saturated heterocycles. The third-order valence-corrected chi connectivity index (χ3v) is 4.04. The standard InChI is InChI=1S/C15H24N4O/c1-4-19(5-2)14-7-6-13(10-17-14)18-15(20)11(3)12-8-16-9-12/h6-7,10-12,16H,4-5,8-9H2,1-3H3,(H,18,20). The van der Waals surface area contributed by atoms with Gasteiger partial charge in [-0.1, -0.05) is 6.92 Å². The molecule has 1 amide bonds. The predicted octanol–water partition coefficient (Wildman–Crippen LogP) is 1.72. The summed E-state index contributed by atoms with van der Waals surface area (Å²) < 4.78 is 0. The number of hydrogen-bond acceptors (Lipinski definition) is 4. The van der Waals surface area contributed by atoms with E-state index in [0.29, 0.717) is 5.92 Å². The molecule has 0 aromatic carbocycles. The molecule has 0 radical (unpaired) electrons. The third-order valence-electron chi connectivity index (χ3n) is 4.04. The second kappa shape index (κ2) is 6.70. The van der Waals surface area contributed by atoms with Crippen molar-refractivity contribution >= 4 is 17.4 Å². The van der Waals surface area contributed by atoms with Gasteiger partial charge in [0.2, 0.25) is 5.91 Å². The highest BCUT2D eigenvalue weighted by Crippen LogP contribution is 2.19. The summed E-state index contributed by atoms with van der Waals surface area (Å²) in [5.41, 5.74) is 0.769. The fraction of sp³-hybridized carbons (Fsp3) is 0.600. The smallest absolute Gasteiger partial charge is 0.227 e. The maximum atomic E-state index is 12.1. The van der Waals surface area contributed by atoms with E-state index in [0.717, 1.165) is 37.7 Å². The van der Waals surface area contributed by atoms with Gasteiger partial charge < -0.3 is 15.5 Å². The SMILES string of the molecule is CCN(CC)c1ccc(NC(=O)C(C)C2CNC2)cn1. The van der Waals surface area contributed by atoms with Gasteiger partial charge in [-0.2, -0.15) is 0 Å². The number of nitrogens with one attached hydrogen (secondary N) is 2. The van der Waals surface area contributed by atoms with Crippen molar-refractivity contribution in [2.24, 2.45) is 11.8 Å². The van der Waals surface area contributed by atoms with Crippen molar-refractivity contribution in [3.8, 4) is 0 Å². The first kappa shape index (κ1) is 14.8. The maximum absolute atomic E-state index is 12.1. The molecule has 1 unspecified atom stereocenters. The highest BCUT2D eigenvalue weighted by atomic mass is 16.1. The predicted molar refractivity (Wildman–Crippen MR) is 82.0 cm³/mol. The Morgan fingerprint density at radius 1 is 1.45 bits per heavy atom. The summed E-state index contributed by atoms with van der Waals surface area (Å²) in [5.74, 6) is 1.52. The zero-order valence-electron chi connectivity index (χ0n) is 12.5. The van der Waals surface area contributed by atoms with E-state index in [-0.39, 0.29) is 11.8 Å². The van der Waals surface area contributed by atoms with Crippen molar-refractivity contribution in [3.05, 3.63) is 18.3 Å². The van der Waals surface area contributed by atoms with Gasteiger partial charge >= 0.3 is 0 Å². The summed E-state index contributed by atoms with van der Waals surface area (Å²) in [7, 11) is 0. The second-order valence-corrected chi connectivity index (χ2v) is 5.27. The molecule has 1 atom stereocenters. The molecule has 2 rings (SSSR count). The minimum absolute atomic E-state index is 0.0405. The summed E-state index contributed by atoms with van der Waals surface area (Å²) in [4.78, 5) is 18.7. The van der Waals surface area contributed by atoms with Crippen LogP contribution in [-0.4, -0.2) is 37.1 Å². The summed E-state index contributed by atoms with van der Waals surface area (Å²) in [5, 5.41) is 6.14. The first-order valence-electron chi connectivity index (χ1n) is 7.38. The van der Waals surface area contributed by atoms with E-state index in [2.05, 4.69) is 34.4 Å². The van der Waals surface area contributed by atoms with E-state index >= 15 is 0 Å². The number of hydrogen-bond donors (Lipinski definition) is 2. The minimum Gasteiger partial charge on any atom is -0.357 e. The summed E-state index contributed by atoms with van der Waals surface area (Å²) >= 11 is 0. The largest absolute Gasteiger partial charge is 0.357 e. The third kappa shape index (κ3) is 3.28. The van der Waals surface area contributed by atoms with Crippen molar-refractivity contribution in [2.75, 3.05) is 36.4 Å². The molecular formula is C15H24N4O. The number of anilines is 2. The molecule has 110 valence electrons. The van der Waals surface area contributed by atoms with Gasteiger partial charge in [0, 0.05) is 19.0 Å². The Morgan fingerprint density at radius 3 is 2.60 bits per heavy atom. The van der Waals surface area contributed by atoms with Crippen molar-refractivity contribution in [2.45, 2.75) is 20.8 Å². The zero-order chi connectivity index (χ0) is 14.5. The molecular weight excluding hydrogens is 252 g/mol. The Bertz CT molecular complexity index is 438. The Balaban J connectivity index is 1.94. The van der Waals surface area contributed by atoms with Crippen LogP contribution in [0.1, 0.15) is 20.8 Å². The molecule has 2 N–H and O–H groups in total. The molecule has 1 fully saturated rings. The van der Waals surface area contributed by atoms with Gasteiger partial charge in [0.15, 0.2) is 0 Å². The average Bonchev–Trinajstić information content (AvgIpc) is 2.40. The van der Waals surface area contributed by atoms with E-state index in [1.807, 2.05) is 19.1 Å². The number of aromatic nitrogens is 1. The first-order chi connectivity index (χ1) is 9.65. The normalized spacial score (nSPS) is 16.4. The van der Waals surface area contributed by atoms with E-state index < -0.39 is 0 Å². The fourth-order valence-electron chi connectivity index (χ4n) is 2.33. The molecule has 1 aliphatic heterocycles.